The molecule has 16 heavy (non-hydrogen) atoms. The van der Waals surface area contributed by atoms with E-state index in [2.05, 4.69) is 13.0 Å². The molecule has 0 bridgehead atoms. The van der Waals surface area contributed by atoms with Crippen LogP contribution in [0.15, 0.2) is 22.6 Å². The van der Waals surface area contributed by atoms with Gasteiger partial charge in [0.15, 0.2) is 11.3 Å². The summed E-state index contributed by atoms with van der Waals surface area (Å²) in [6.45, 7) is 4.67. The molecule has 1 atom stereocenters. The Morgan fingerprint density at radius 1 is 1.38 bits per heavy atom. The summed E-state index contributed by atoms with van der Waals surface area (Å²) >= 11 is 0. The molecule has 2 aromatic rings. The summed E-state index contributed by atoms with van der Waals surface area (Å²) in [6.07, 6.45) is 0. The number of furan rings is 1. The van der Waals surface area contributed by atoms with Crippen LogP contribution in [0.25, 0.3) is 11.0 Å². The maximum absolute atomic E-state index is 5.68. The molecule has 3 nitrogen and oxygen atoms in total. The van der Waals surface area contributed by atoms with Crippen LogP contribution in [0.1, 0.15) is 24.2 Å². The van der Waals surface area contributed by atoms with Crippen molar-refractivity contribution in [3.8, 4) is 5.75 Å². The number of methoxy groups -OCH3 is 1. The van der Waals surface area contributed by atoms with E-state index in [0.29, 0.717) is 12.5 Å². The maximum atomic E-state index is 5.68. The van der Waals surface area contributed by atoms with Crippen molar-refractivity contribution in [3.05, 3.63) is 29.5 Å². The molecule has 1 heterocycles. The predicted octanol–water partition coefficient (Wildman–Crippen LogP) is 2.81. The summed E-state index contributed by atoms with van der Waals surface area (Å²) in [5, 5.41) is 1.08. The van der Waals surface area contributed by atoms with E-state index in [1.165, 1.54) is 5.56 Å². The Morgan fingerprint density at radius 3 is 2.75 bits per heavy atom. The van der Waals surface area contributed by atoms with Crippen molar-refractivity contribution in [2.75, 3.05) is 13.7 Å². The fourth-order valence-electron chi connectivity index (χ4n) is 1.84. The van der Waals surface area contributed by atoms with E-state index in [0.717, 1.165) is 22.5 Å². The molecule has 86 valence electrons. The van der Waals surface area contributed by atoms with Crippen molar-refractivity contribution in [2.24, 2.45) is 5.73 Å². The van der Waals surface area contributed by atoms with E-state index in [1.54, 1.807) is 7.11 Å². The van der Waals surface area contributed by atoms with Crippen molar-refractivity contribution < 1.29 is 9.15 Å². The minimum atomic E-state index is 0.327. The van der Waals surface area contributed by atoms with E-state index in [9.17, 15) is 0 Å². The van der Waals surface area contributed by atoms with Crippen LogP contribution in [0.2, 0.25) is 0 Å². The first-order chi connectivity index (χ1) is 7.65. The summed E-state index contributed by atoms with van der Waals surface area (Å²) in [6, 6.07) is 6.14. The number of hydrogen-bond donors (Lipinski definition) is 1. The lowest BCUT2D eigenvalue weighted by Gasteiger charge is -2.10. The number of hydrogen-bond acceptors (Lipinski definition) is 3. The zero-order chi connectivity index (χ0) is 11.7. The van der Waals surface area contributed by atoms with Gasteiger partial charge in [-0.2, -0.15) is 0 Å². The Kier molecular flexibility index (Phi) is 2.88. The lowest BCUT2D eigenvalue weighted by molar-refractivity contribution is 0.408. The third kappa shape index (κ3) is 1.78. The highest BCUT2D eigenvalue weighted by molar-refractivity contribution is 5.84. The van der Waals surface area contributed by atoms with Crippen LogP contribution in [0.3, 0.4) is 0 Å². The average Bonchev–Trinajstić information content (AvgIpc) is 2.66. The summed E-state index contributed by atoms with van der Waals surface area (Å²) in [4.78, 5) is 0. The van der Waals surface area contributed by atoms with Crippen molar-refractivity contribution >= 4 is 11.0 Å². The minimum Gasteiger partial charge on any atom is -0.493 e. The molecule has 0 fully saturated rings. The topological polar surface area (TPSA) is 48.4 Å². The van der Waals surface area contributed by atoms with E-state index in [4.69, 9.17) is 14.9 Å². The lowest BCUT2D eigenvalue weighted by atomic mass is 9.99. The van der Waals surface area contributed by atoms with Gasteiger partial charge >= 0.3 is 0 Å². The molecule has 0 radical (unpaired) electrons. The standard InChI is InChI=1S/C13H17NO2/c1-8(7-14)10-5-11-4-9(2)16-13(11)12(6-10)15-3/h4-6,8H,7,14H2,1-3H3. The van der Waals surface area contributed by atoms with E-state index < -0.39 is 0 Å². The van der Waals surface area contributed by atoms with Gasteiger partial charge in [0.1, 0.15) is 5.76 Å². The highest BCUT2D eigenvalue weighted by Crippen LogP contribution is 2.32. The fraction of sp³-hybridized carbons (Fsp3) is 0.385. The highest BCUT2D eigenvalue weighted by atomic mass is 16.5. The zero-order valence-electron chi connectivity index (χ0n) is 9.91. The van der Waals surface area contributed by atoms with Crippen molar-refractivity contribution in [2.45, 2.75) is 19.8 Å². The summed E-state index contributed by atoms with van der Waals surface area (Å²) in [5.74, 6) is 2.00. The first-order valence-corrected chi connectivity index (χ1v) is 5.44. The Morgan fingerprint density at radius 2 is 2.12 bits per heavy atom. The average molecular weight is 219 g/mol. The zero-order valence-corrected chi connectivity index (χ0v) is 9.91. The van der Waals surface area contributed by atoms with Crippen LogP contribution in [0, 0.1) is 6.92 Å². The Balaban J connectivity index is 2.62. The number of aryl methyl sites for hydroxylation is 1. The molecule has 0 aliphatic carbocycles. The van der Waals surface area contributed by atoms with Gasteiger partial charge in [-0.1, -0.05) is 6.92 Å². The van der Waals surface area contributed by atoms with Crippen LogP contribution < -0.4 is 10.5 Å². The number of benzene rings is 1. The number of ether oxygens (including phenoxy) is 1. The molecule has 0 spiro atoms. The van der Waals surface area contributed by atoms with Crippen LogP contribution in [-0.4, -0.2) is 13.7 Å². The molecule has 2 N–H and O–H groups in total. The maximum Gasteiger partial charge on any atom is 0.176 e. The van der Waals surface area contributed by atoms with Gasteiger partial charge in [0.25, 0.3) is 0 Å². The van der Waals surface area contributed by atoms with Gasteiger partial charge in [-0.05, 0) is 43.1 Å². The second-order valence-electron chi connectivity index (χ2n) is 4.14. The largest absolute Gasteiger partial charge is 0.493 e. The monoisotopic (exact) mass is 219 g/mol. The lowest BCUT2D eigenvalue weighted by Crippen LogP contribution is -2.08. The Hall–Kier alpha value is -1.48. The SMILES string of the molecule is COc1cc(C(C)CN)cc2cc(C)oc12. The number of nitrogens with two attached hydrogens (primary N) is 1. The van der Waals surface area contributed by atoms with Gasteiger partial charge in [0, 0.05) is 5.39 Å². The number of fused-ring (bicyclic) bond motifs is 1. The molecule has 0 saturated carbocycles. The van der Waals surface area contributed by atoms with Gasteiger partial charge in [-0.3, -0.25) is 0 Å². The van der Waals surface area contributed by atoms with Gasteiger partial charge < -0.3 is 14.9 Å². The van der Waals surface area contributed by atoms with E-state index in [-0.39, 0.29) is 0 Å². The third-order valence-electron chi connectivity index (χ3n) is 2.87. The summed E-state index contributed by atoms with van der Waals surface area (Å²) < 4.78 is 10.9. The second kappa shape index (κ2) is 4.18. The van der Waals surface area contributed by atoms with Gasteiger partial charge in [0.05, 0.1) is 7.11 Å². The second-order valence-corrected chi connectivity index (χ2v) is 4.14. The van der Waals surface area contributed by atoms with Crippen molar-refractivity contribution in [3.63, 3.8) is 0 Å². The third-order valence-corrected chi connectivity index (χ3v) is 2.87. The van der Waals surface area contributed by atoms with Crippen molar-refractivity contribution in [1.29, 1.82) is 0 Å². The molecule has 0 saturated heterocycles. The van der Waals surface area contributed by atoms with Gasteiger partial charge in [-0.15, -0.1) is 0 Å². The first-order valence-electron chi connectivity index (χ1n) is 5.44. The van der Waals surface area contributed by atoms with E-state index in [1.807, 2.05) is 19.1 Å². The molecular weight excluding hydrogens is 202 g/mol. The van der Waals surface area contributed by atoms with Crippen LogP contribution in [0.5, 0.6) is 5.75 Å². The van der Waals surface area contributed by atoms with Gasteiger partial charge in [-0.25, -0.2) is 0 Å². The molecule has 3 heteroatoms. The molecule has 1 aromatic heterocycles. The van der Waals surface area contributed by atoms with E-state index >= 15 is 0 Å². The smallest absolute Gasteiger partial charge is 0.176 e. The highest BCUT2D eigenvalue weighted by Gasteiger charge is 2.12. The predicted molar refractivity (Wildman–Crippen MR) is 65.0 cm³/mol. The number of rotatable bonds is 3. The first kappa shape index (κ1) is 11.0. The molecule has 0 amide bonds. The summed E-state index contributed by atoms with van der Waals surface area (Å²) in [5.41, 5.74) is 7.68. The Labute approximate surface area is 95.2 Å². The molecular formula is C13H17NO2. The molecule has 0 aliphatic heterocycles. The van der Waals surface area contributed by atoms with Gasteiger partial charge in [0.2, 0.25) is 0 Å². The van der Waals surface area contributed by atoms with Crippen LogP contribution in [-0.2, 0) is 0 Å². The van der Waals surface area contributed by atoms with Crippen LogP contribution in [0.4, 0.5) is 0 Å². The summed E-state index contributed by atoms with van der Waals surface area (Å²) in [7, 11) is 1.66. The minimum absolute atomic E-state index is 0.327. The van der Waals surface area contributed by atoms with Crippen molar-refractivity contribution in [1.82, 2.24) is 0 Å². The molecule has 1 unspecified atom stereocenters. The Bertz CT molecular complexity index is 502. The molecule has 1 aromatic carbocycles. The normalized spacial score (nSPS) is 13.0. The molecule has 2 rings (SSSR count). The fourth-order valence-corrected chi connectivity index (χ4v) is 1.84. The van der Waals surface area contributed by atoms with Crippen LogP contribution >= 0.6 is 0 Å². The quantitative estimate of drug-likeness (QED) is 0.863. The molecule has 0 aliphatic rings.